The predicted molar refractivity (Wildman–Crippen MR) is 41.9 cm³/mol. The normalized spacial score (nSPS) is 12.3. The van der Waals surface area contributed by atoms with Crippen molar-refractivity contribution < 1.29 is 26.3 Å². The molecule has 0 amide bonds. The average Bonchev–Trinajstić information content (AvgIpc) is 2.00. The molecule has 0 radical (unpaired) electrons. The largest absolute Gasteiger partial charge is 0.420 e. The molecule has 0 N–H and O–H groups in total. The van der Waals surface area contributed by atoms with Crippen molar-refractivity contribution in [3.05, 3.63) is 27.7 Å². The average molecular weight is 294 g/mol. The van der Waals surface area contributed by atoms with Gasteiger partial charge < -0.3 is 0 Å². The molecule has 0 atom stereocenters. The number of rotatable bonds is 1. The molecule has 84 valence electrons. The maximum absolute atomic E-state index is 12.7. The van der Waals surface area contributed by atoms with Crippen molar-refractivity contribution in [1.82, 2.24) is 4.98 Å². The quantitative estimate of drug-likeness (QED) is 0.715. The Balaban J connectivity index is 3.44. The summed E-state index contributed by atoms with van der Waals surface area (Å²) in [5.41, 5.74) is -2.91. The molecule has 0 spiro atoms. The Hall–Kier alpha value is -0.790. The van der Waals surface area contributed by atoms with E-state index in [0.717, 1.165) is 0 Å². The number of aromatic nitrogens is 1. The summed E-state index contributed by atoms with van der Waals surface area (Å²) < 4.78 is 72.6. The molecule has 0 aliphatic rings. The van der Waals surface area contributed by atoms with Crippen LogP contribution in [0.5, 0.6) is 0 Å². The molecule has 15 heavy (non-hydrogen) atoms. The van der Waals surface area contributed by atoms with Crippen LogP contribution in [0.15, 0.2) is 10.7 Å². The monoisotopic (exact) mass is 293 g/mol. The lowest BCUT2D eigenvalue weighted by Gasteiger charge is -2.12. The second-order valence-electron chi connectivity index (χ2n) is 2.48. The van der Waals surface area contributed by atoms with Gasteiger partial charge in [-0.1, -0.05) is 0 Å². The van der Waals surface area contributed by atoms with Crippen molar-refractivity contribution in [1.29, 1.82) is 0 Å². The van der Waals surface area contributed by atoms with Crippen LogP contribution in [0.3, 0.4) is 0 Å². The minimum atomic E-state index is -5.05. The van der Waals surface area contributed by atoms with Gasteiger partial charge in [-0.2, -0.15) is 13.2 Å². The maximum Gasteiger partial charge on any atom is 0.420 e. The maximum atomic E-state index is 12.7. The smallest absolute Gasteiger partial charge is 0.251 e. The third-order valence-corrected chi connectivity index (χ3v) is 2.29. The molecule has 8 heteroatoms. The van der Waals surface area contributed by atoms with Crippen molar-refractivity contribution in [3.8, 4) is 0 Å². The van der Waals surface area contributed by atoms with Crippen LogP contribution in [0.1, 0.15) is 17.7 Å². The summed E-state index contributed by atoms with van der Waals surface area (Å²) in [5.74, 6) is -1.70. The first-order chi connectivity index (χ1) is 6.75. The number of pyridine rings is 1. The number of nitrogens with zero attached hydrogens (tertiary/aromatic N) is 1. The van der Waals surface area contributed by atoms with Crippen molar-refractivity contribution in [2.45, 2.75) is 12.6 Å². The molecule has 0 bridgehead atoms. The Kier molecular flexibility index (Phi) is 3.27. The van der Waals surface area contributed by atoms with Crippen LogP contribution in [0.2, 0.25) is 0 Å². The molecule has 0 unspecified atom stereocenters. The van der Waals surface area contributed by atoms with Crippen LogP contribution in [0.25, 0.3) is 0 Å². The van der Waals surface area contributed by atoms with Gasteiger partial charge in [-0.15, -0.1) is 0 Å². The predicted octanol–water partition coefficient (Wildman–Crippen LogP) is 3.94. The van der Waals surface area contributed by atoms with E-state index in [1.165, 1.54) is 0 Å². The first-order valence-electron chi connectivity index (χ1n) is 3.44. The van der Waals surface area contributed by atoms with E-state index in [-0.39, 0.29) is 6.20 Å². The van der Waals surface area contributed by atoms with Gasteiger partial charge in [0.05, 0.1) is 10.7 Å². The second kappa shape index (κ2) is 3.99. The van der Waals surface area contributed by atoms with E-state index in [4.69, 9.17) is 0 Å². The minimum Gasteiger partial charge on any atom is -0.251 e. The van der Waals surface area contributed by atoms with Gasteiger partial charge in [0, 0.05) is 0 Å². The third kappa shape index (κ3) is 2.42. The second-order valence-corrected chi connectivity index (χ2v) is 3.27. The summed E-state index contributed by atoms with van der Waals surface area (Å²) in [6.45, 7) is 0. The molecule has 1 aromatic rings. The van der Waals surface area contributed by atoms with E-state index >= 15 is 0 Å². The zero-order valence-corrected chi connectivity index (χ0v) is 8.33. The van der Waals surface area contributed by atoms with Crippen LogP contribution in [0, 0.1) is 5.82 Å². The summed E-state index contributed by atoms with van der Waals surface area (Å²) in [6.07, 6.45) is -8.13. The molecule has 1 nitrogen and oxygen atoms in total. The molecule has 0 saturated heterocycles. The van der Waals surface area contributed by atoms with E-state index in [1.54, 1.807) is 0 Å². The molecule has 0 aliphatic carbocycles. The Morgan fingerprint density at radius 3 is 2.20 bits per heavy atom. The van der Waals surface area contributed by atoms with Crippen LogP contribution >= 0.6 is 15.9 Å². The Labute approximate surface area is 88.2 Å². The lowest BCUT2D eigenvalue weighted by molar-refractivity contribution is -0.140. The van der Waals surface area contributed by atoms with Crippen LogP contribution in [-0.2, 0) is 6.18 Å². The van der Waals surface area contributed by atoms with Gasteiger partial charge in [0.2, 0.25) is 0 Å². The summed E-state index contributed by atoms with van der Waals surface area (Å²) >= 11 is 2.27. The zero-order chi connectivity index (χ0) is 11.8. The Morgan fingerprint density at radius 2 is 1.80 bits per heavy atom. The Bertz CT molecular complexity index is 374. The van der Waals surface area contributed by atoms with Crippen molar-refractivity contribution in [2.24, 2.45) is 0 Å². The molecular formula is C7H2BrF6N. The van der Waals surface area contributed by atoms with Crippen molar-refractivity contribution in [3.63, 3.8) is 0 Å². The topological polar surface area (TPSA) is 12.9 Å². The molecular weight excluding hydrogens is 292 g/mol. The van der Waals surface area contributed by atoms with Gasteiger partial charge in [-0.3, -0.25) is 4.98 Å². The fourth-order valence-electron chi connectivity index (χ4n) is 0.892. The van der Waals surface area contributed by atoms with Crippen molar-refractivity contribution >= 4 is 15.9 Å². The third-order valence-electron chi connectivity index (χ3n) is 1.49. The molecule has 0 saturated carbocycles. The first-order valence-corrected chi connectivity index (χ1v) is 4.23. The van der Waals surface area contributed by atoms with E-state index in [1.807, 2.05) is 0 Å². The van der Waals surface area contributed by atoms with Crippen molar-refractivity contribution in [2.75, 3.05) is 0 Å². The summed E-state index contributed by atoms with van der Waals surface area (Å²) in [6, 6.07) is 0. The van der Waals surface area contributed by atoms with Crippen LogP contribution in [-0.4, -0.2) is 4.98 Å². The van der Waals surface area contributed by atoms with Gasteiger partial charge in [-0.25, -0.2) is 13.2 Å². The van der Waals surface area contributed by atoms with E-state index in [9.17, 15) is 26.3 Å². The minimum absolute atomic E-state index is 0.120. The highest BCUT2D eigenvalue weighted by atomic mass is 79.9. The Morgan fingerprint density at radius 1 is 1.27 bits per heavy atom. The fourth-order valence-corrected chi connectivity index (χ4v) is 1.58. The highest BCUT2D eigenvalue weighted by molar-refractivity contribution is 9.10. The summed E-state index contributed by atoms with van der Waals surface area (Å²) in [5, 5.41) is 0. The summed E-state index contributed by atoms with van der Waals surface area (Å²) in [4.78, 5) is 2.88. The molecule has 1 heterocycles. The molecule has 1 rings (SSSR count). The van der Waals surface area contributed by atoms with Gasteiger partial charge in [-0.05, 0) is 15.9 Å². The van der Waals surface area contributed by atoms with Gasteiger partial charge >= 0.3 is 6.18 Å². The number of alkyl halides is 5. The van der Waals surface area contributed by atoms with E-state index in [0.29, 0.717) is 0 Å². The number of halogens is 7. The van der Waals surface area contributed by atoms with Crippen LogP contribution < -0.4 is 0 Å². The van der Waals surface area contributed by atoms with E-state index < -0.39 is 34.1 Å². The van der Waals surface area contributed by atoms with E-state index in [2.05, 4.69) is 20.9 Å². The zero-order valence-electron chi connectivity index (χ0n) is 6.75. The number of hydrogen-bond donors (Lipinski definition) is 0. The number of hydrogen-bond acceptors (Lipinski definition) is 1. The first kappa shape index (κ1) is 12.3. The molecule has 1 aromatic heterocycles. The lowest BCUT2D eigenvalue weighted by Crippen LogP contribution is -2.12. The summed E-state index contributed by atoms with van der Waals surface area (Å²) in [7, 11) is 0. The SMILES string of the molecule is Fc1cnc(C(F)F)c(Br)c1C(F)(F)F. The molecule has 0 aromatic carbocycles. The molecule has 0 fully saturated rings. The standard InChI is InChI=1S/C7H2BrF6N/c8-4-3(7(12,13)14)2(9)1-15-5(4)6(10)11/h1,6H. The lowest BCUT2D eigenvalue weighted by atomic mass is 10.2. The fraction of sp³-hybridized carbons (Fsp3) is 0.286. The molecule has 0 aliphatic heterocycles. The van der Waals surface area contributed by atoms with Gasteiger partial charge in [0.15, 0.2) is 5.82 Å². The van der Waals surface area contributed by atoms with Gasteiger partial charge in [0.25, 0.3) is 6.43 Å². The van der Waals surface area contributed by atoms with Gasteiger partial charge in [0.1, 0.15) is 11.3 Å². The van der Waals surface area contributed by atoms with Crippen LogP contribution in [0.4, 0.5) is 26.3 Å². The highest BCUT2D eigenvalue weighted by Crippen LogP contribution is 2.39. The highest BCUT2D eigenvalue weighted by Gasteiger charge is 2.38.